The zero-order chi connectivity index (χ0) is 14.1. The zero-order valence-corrected chi connectivity index (χ0v) is 11.2. The molecule has 1 rings (SSSR count). The fraction of sp³-hybridized carbons (Fsp3) is 0.250. The number of amides is 1. The number of nitrogens with zero attached hydrogens (tertiary/aromatic N) is 1. The van der Waals surface area contributed by atoms with Gasteiger partial charge in [0.15, 0.2) is 11.1 Å². The normalized spacial score (nSPS) is 9.68. The van der Waals surface area contributed by atoms with E-state index in [2.05, 4.69) is 10.3 Å². The van der Waals surface area contributed by atoms with Crippen LogP contribution in [0.4, 0.5) is 0 Å². The molecule has 0 atom stereocenters. The molecule has 1 aromatic carbocycles. The van der Waals surface area contributed by atoms with Gasteiger partial charge in [-0.1, -0.05) is 42.1 Å². The Morgan fingerprint density at radius 1 is 1.32 bits per heavy atom. The summed E-state index contributed by atoms with van der Waals surface area (Å²) in [6.45, 7) is 0.568. The fourth-order valence-electron chi connectivity index (χ4n) is 1.33. The fourth-order valence-corrected chi connectivity index (χ4v) is 1.87. The third kappa shape index (κ3) is 7.10. The van der Waals surface area contributed by atoms with E-state index >= 15 is 0 Å². The highest BCUT2D eigenvalue weighted by molar-refractivity contribution is 8.14. The van der Waals surface area contributed by atoms with Gasteiger partial charge in [0.05, 0.1) is 5.75 Å². The summed E-state index contributed by atoms with van der Waals surface area (Å²) < 4.78 is 0. The Morgan fingerprint density at radius 3 is 2.63 bits per heavy atom. The highest BCUT2D eigenvalue weighted by Crippen LogP contribution is 2.03. The Morgan fingerprint density at radius 2 is 2.00 bits per heavy atom. The van der Waals surface area contributed by atoms with Gasteiger partial charge in [-0.25, -0.2) is 0 Å². The van der Waals surface area contributed by atoms with Crippen molar-refractivity contribution >= 4 is 28.8 Å². The molecule has 102 valence electrons. The van der Waals surface area contributed by atoms with Crippen molar-refractivity contribution in [3.05, 3.63) is 35.9 Å². The standard InChI is InChI=1S/C12H17N5OS/c13-11(14)17-12(15)19-8-10(18)16-7-6-9-4-2-1-3-5-9/h1-5H,6-8H2,(H,16,18)(H5,13,14,15,17). The minimum Gasteiger partial charge on any atom is -0.370 e. The van der Waals surface area contributed by atoms with E-state index in [9.17, 15) is 4.79 Å². The van der Waals surface area contributed by atoms with Crippen molar-refractivity contribution in [2.45, 2.75) is 6.42 Å². The number of guanidine groups is 1. The largest absolute Gasteiger partial charge is 0.370 e. The second-order valence-corrected chi connectivity index (χ2v) is 4.68. The van der Waals surface area contributed by atoms with Crippen molar-refractivity contribution in [2.24, 2.45) is 16.5 Å². The zero-order valence-electron chi connectivity index (χ0n) is 10.4. The van der Waals surface area contributed by atoms with Crippen LogP contribution in [0.5, 0.6) is 0 Å². The monoisotopic (exact) mass is 279 g/mol. The van der Waals surface area contributed by atoms with E-state index in [1.165, 1.54) is 5.56 Å². The maximum Gasteiger partial charge on any atom is 0.230 e. The van der Waals surface area contributed by atoms with Crippen LogP contribution < -0.4 is 16.8 Å². The number of nitrogens with one attached hydrogen (secondary N) is 2. The van der Waals surface area contributed by atoms with Crippen LogP contribution in [0.15, 0.2) is 35.3 Å². The van der Waals surface area contributed by atoms with Crippen LogP contribution in [-0.4, -0.2) is 29.3 Å². The first-order chi connectivity index (χ1) is 9.08. The van der Waals surface area contributed by atoms with Gasteiger partial charge in [-0.2, -0.15) is 4.99 Å². The predicted molar refractivity (Wildman–Crippen MR) is 79.2 cm³/mol. The molecular formula is C12H17N5OS. The number of amidine groups is 1. The van der Waals surface area contributed by atoms with E-state index < -0.39 is 0 Å². The number of rotatable bonds is 5. The number of thioether (sulfide) groups is 1. The van der Waals surface area contributed by atoms with Gasteiger partial charge in [0.25, 0.3) is 0 Å². The van der Waals surface area contributed by atoms with E-state index in [-0.39, 0.29) is 22.8 Å². The van der Waals surface area contributed by atoms with Crippen molar-refractivity contribution in [3.63, 3.8) is 0 Å². The van der Waals surface area contributed by atoms with Crippen LogP contribution in [0, 0.1) is 5.41 Å². The smallest absolute Gasteiger partial charge is 0.230 e. The van der Waals surface area contributed by atoms with Crippen LogP contribution in [0.25, 0.3) is 0 Å². The lowest BCUT2D eigenvalue weighted by molar-refractivity contribution is -0.118. The van der Waals surface area contributed by atoms with Gasteiger partial charge in [-0.05, 0) is 12.0 Å². The van der Waals surface area contributed by atoms with Gasteiger partial charge in [0.1, 0.15) is 0 Å². The highest BCUT2D eigenvalue weighted by atomic mass is 32.2. The highest BCUT2D eigenvalue weighted by Gasteiger charge is 2.04. The van der Waals surface area contributed by atoms with Crippen molar-refractivity contribution in [3.8, 4) is 0 Å². The van der Waals surface area contributed by atoms with Crippen LogP contribution in [0.1, 0.15) is 5.56 Å². The molecule has 0 unspecified atom stereocenters. The Hall–Kier alpha value is -2.02. The summed E-state index contributed by atoms with van der Waals surface area (Å²) in [5, 5.41) is 10.1. The second-order valence-electron chi connectivity index (χ2n) is 3.72. The third-order valence-electron chi connectivity index (χ3n) is 2.15. The maximum atomic E-state index is 11.5. The Balaban J connectivity index is 2.18. The van der Waals surface area contributed by atoms with Crippen molar-refractivity contribution < 1.29 is 4.79 Å². The molecule has 0 spiro atoms. The molecule has 1 aromatic rings. The summed E-state index contributed by atoms with van der Waals surface area (Å²) in [5.74, 6) is -0.192. The molecule has 7 heteroatoms. The number of benzene rings is 1. The molecule has 0 bridgehead atoms. The van der Waals surface area contributed by atoms with Crippen molar-refractivity contribution in [2.75, 3.05) is 12.3 Å². The van der Waals surface area contributed by atoms with E-state index in [0.717, 1.165) is 18.2 Å². The van der Waals surface area contributed by atoms with Crippen LogP contribution in [0.2, 0.25) is 0 Å². The molecule has 0 heterocycles. The molecule has 0 fully saturated rings. The van der Waals surface area contributed by atoms with Gasteiger partial charge in [-0.3, -0.25) is 10.2 Å². The SMILES string of the molecule is N=C(N=C(N)N)SCC(=O)NCCc1ccccc1. The van der Waals surface area contributed by atoms with Crippen molar-refractivity contribution in [1.82, 2.24) is 5.32 Å². The predicted octanol–water partition coefficient (Wildman–Crippen LogP) is 0.287. The molecule has 0 aliphatic heterocycles. The Labute approximate surface area is 116 Å². The van der Waals surface area contributed by atoms with Gasteiger partial charge in [-0.15, -0.1) is 0 Å². The summed E-state index contributed by atoms with van der Waals surface area (Å²) in [4.78, 5) is 15.0. The average Bonchev–Trinajstić information content (AvgIpc) is 2.37. The molecule has 0 saturated heterocycles. The van der Waals surface area contributed by atoms with Crippen LogP contribution >= 0.6 is 11.8 Å². The Bertz CT molecular complexity index is 456. The minimum atomic E-state index is -0.179. The minimum absolute atomic E-state index is 0.0711. The summed E-state index contributed by atoms with van der Waals surface area (Å²) >= 11 is 0.983. The van der Waals surface area contributed by atoms with Gasteiger partial charge < -0.3 is 16.8 Å². The Kier molecular flexibility index (Phi) is 6.45. The van der Waals surface area contributed by atoms with E-state index in [1.807, 2.05) is 30.3 Å². The third-order valence-corrected chi connectivity index (χ3v) is 2.92. The number of carbonyl (C=O) groups excluding carboxylic acids is 1. The maximum absolute atomic E-state index is 11.5. The van der Waals surface area contributed by atoms with Crippen molar-refractivity contribution in [1.29, 1.82) is 5.41 Å². The second kappa shape index (κ2) is 8.15. The summed E-state index contributed by atoms with van der Waals surface area (Å²) in [7, 11) is 0. The summed E-state index contributed by atoms with van der Waals surface area (Å²) in [6, 6.07) is 9.89. The van der Waals surface area contributed by atoms with Gasteiger partial charge in [0.2, 0.25) is 5.91 Å². The molecule has 0 aliphatic carbocycles. The lowest BCUT2D eigenvalue weighted by Crippen LogP contribution is -2.28. The summed E-state index contributed by atoms with van der Waals surface area (Å²) in [5.41, 5.74) is 11.4. The molecule has 0 radical (unpaired) electrons. The number of nitrogens with two attached hydrogens (primary N) is 2. The topological polar surface area (TPSA) is 117 Å². The molecule has 6 N–H and O–H groups in total. The molecule has 0 aliphatic rings. The van der Waals surface area contributed by atoms with E-state index in [4.69, 9.17) is 16.9 Å². The van der Waals surface area contributed by atoms with Crippen LogP contribution in [0.3, 0.4) is 0 Å². The lowest BCUT2D eigenvalue weighted by atomic mass is 10.1. The molecular weight excluding hydrogens is 262 g/mol. The average molecular weight is 279 g/mol. The number of hydrogen-bond donors (Lipinski definition) is 4. The number of hydrogen-bond acceptors (Lipinski definition) is 3. The quantitative estimate of drug-likeness (QED) is 0.457. The molecule has 1 amide bonds. The number of carbonyl (C=O) groups is 1. The molecule has 0 saturated carbocycles. The first-order valence-corrected chi connectivity index (χ1v) is 6.68. The summed E-state index contributed by atoms with van der Waals surface area (Å²) in [6.07, 6.45) is 0.780. The lowest BCUT2D eigenvalue weighted by Gasteiger charge is -2.04. The number of aliphatic imine (C=N–C) groups is 1. The van der Waals surface area contributed by atoms with E-state index in [0.29, 0.717) is 6.54 Å². The van der Waals surface area contributed by atoms with Crippen LogP contribution in [-0.2, 0) is 11.2 Å². The van der Waals surface area contributed by atoms with E-state index in [1.54, 1.807) is 0 Å². The molecule has 0 aromatic heterocycles. The van der Waals surface area contributed by atoms with Gasteiger partial charge >= 0.3 is 0 Å². The molecule has 19 heavy (non-hydrogen) atoms. The first kappa shape index (κ1) is 15.0. The molecule has 6 nitrogen and oxygen atoms in total. The first-order valence-electron chi connectivity index (χ1n) is 5.69. The van der Waals surface area contributed by atoms with Gasteiger partial charge in [0, 0.05) is 6.54 Å².